The van der Waals surface area contributed by atoms with Gasteiger partial charge in [-0.05, 0) is 34.2 Å². The average Bonchev–Trinajstić information content (AvgIpc) is 2.69. The van der Waals surface area contributed by atoms with Crippen molar-refractivity contribution >= 4 is 24.6 Å². The molecule has 4 nitrogen and oxygen atoms in total. The zero-order chi connectivity index (χ0) is 20.5. The maximum Gasteiger partial charge on any atom is 0.261 e. The van der Waals surface area contributed by atoms with Crippen molar-refractivity contribution in [1.82, 2.24) is 5.32 Å². The first-order valence-corrected chi connectivity index (χ1v) is 12.5. The molecule has 1 heterocycles. The van der Waals surface area contributed by atoms with Crippen LogP contribution in [0.25, 0.3) is 0 Å². The van der Waals surface area contributed by atoms with Crippen molar-refractivity contribution in [3.8, 4) is 0 Å². The molecule has 1 saturated carbocycles. The predicted octanol–water partition coefficient (Wildman–Crippen LogP) is 2.86. The van der Waals surface area contributed by atoms with E-state index in [2.05, 4.69) is 86.8 Å². The zero-order valence-electron chi connectivity index (χ0n) is 17.6. The molecule has 2 aromatic rings. The van der Waals surface area contributed by atoms with E-state index in [1.165, 1.54) is 10.4 Å². The van der Waals surface area contributed by atoms with Crippen LogP contribution in [-0.2, 0) is 14.0 Å². The molecule has 1 aliphatic heterocycles. The second kappa shape index (κ2) is 8.05. The maximum absolute atomic E-state index is 11.4. The van der Waals surface area contributed by atoms with Crippen molar-refractivity contribution in [2.75, 3.05) is 13.2 Å². The monoisotopic (exact) mass is 409 g/mol. The third-order valence-electron chi connectivity index (χ3n) is 6.35. The van der Waals surface area contributed by atoms with Crippen LogP contribution in [0.3, 0.4) is 0 Å². The predicted molar refractivity (Wildman–Crippen MR) is 118 cm³/mol. The topological polar surface area (TPSA) is 47.6 Å². The molecule has 5 heteroatoms. The number of hydrogen-bond donors (Lipinski definition) is 1. The summed E-state index contributed by atoms with van der Waals surface area (Å²) < 4.78 is 12.9. The van der Waals surface area contributed by atoms with Crippen LogP contribution in [-0.4, -0.2) is 39.6 Å². The molecule has 1 N–H and O–H groups in total. The summed E-state index contributed by atoms with van der Waals surface area (Å²) in [6.07, 6.45) is 2.33. The number of ether oxygens (including phenoxy) is 1. The van der Waals surface area contributed by atoms with Gasteiger partial charge in [0.1, 0.15) is 6.61 Å². The first-order valence-electron chi connectivity index (χ1n) is 10.6. The lowest BCUT2D eigenvalue weighted by molar-refractivity contribution is -0.139. The first kappa shape index (κ1) is 20.3. The minimum absolute atomic E-state index is 0.00386. The minimum Gasteiger partial charge on any atom is -0.404 e. The Morgan fingerprint density at radius 2 is 1.52 bits per heavy atom. The number of benzene rings is 2. The summed E-state index contributed by atoms with van der Waals surface area (Å²) >= 11 is 0. The number of morpholine rings is 1. The fourth-order valence-corrected chi connectivity index (χ4v) is 9.46. The molecule has 0 bridgehead atoms. The summed E-state index contributed by atoms with van der Waals surface area (Å²) in [5.41, 5.74) is 0. The number of amides is 1. The van der Waals surface area contributed by atoms with Crippen LogP contribution in [0.1, 0.15) is 33.6 Å². The Balaban J connectivity index is 1.60. The van der Waals surface area contributed by atoms with Crippen molar-refractivity contribution < 1.29 is 14.0 Å². The molecule has 1 amide bonds. The van der Waals surface area contributed by atoms with Gasteiger partial charge in [0.25, 0.3) is 8.32 Å². The number of hydrogen-bond acceptors (Lipinski definition) is 3. The van der Waals surface area contributed by atoms with Crippen molar-refractivity contribution in [2.24, 2.45) is 5.92 Å². The Bertz CT molecular complexity index is 779. The molecule has 29 heavy (non-hydrogen) atoms. The highest BCUT2D eigenvalue weighted by atomic mass is 28.4. The Kier molecular flexibility index (Phi) is 5.64. The summed E-state index contributed by atoms with van der Waals surface area (Å²) in [5, 5.41) is 5.57. The zero-order valence-corrected chi connectivity index (χ0v) is 18.6. The molecule has 1 aliphatic carbocycles. The Hall–Kier alpha value is -1.95. The van der Waals surface area contributed by atoms with Gasteiger partial charge in [-0.1, -0.05) is 81.4 Å². The standard InChI is InChI=1S/C24H31NO3Si/c1-24(2,3)29(20-10-6-4-7-11-20,21-12-8-5-9-13-21)28-19-14-18(15-19)22-16-25-23(26)17-27-22/h4-13,18-19,22H,14-17H2,1-3H3,(H,25,26). The molecular formula is C24H31NO3Si. The van der Waals surface area contributed by atoms with E-state index in [9.17, 15) is 4.79 Å². The van der Waals surface area contributed by atoms with Gasteiger partial charge in [0, 0.05) is 12.6 Å². The number of carbonyl (C=O) groups is 1. The van der Waals surface area contributed by atoms with Gasteiger partial charge in [-0.15, -0.1) is 0 Å². The molecular weight excluding hydrogens is 378 g/mol. The van der Waals surface area contributed by atoms with Gasteiger partial charge < -0.3 is 14.5 Å². The fourth-order valence-electron chi connectivity index (χ4n) is 4.76. The molecule has 1 saturated heterocycles. The SMILES string of the molecule is CC(C)(C)[Si](OC1CC(C2CNC(=O)CO2)C1)(c1ccccc1)c1ccccc1. The van der Waals surface area contributed by atoms with E-state index in [-0.39, 0.29) is 29.8 Å². The van der Waals surface area contributed by atoms with E-state index in [1.54, 1.807) is 0 Å². The summed E-state index contributed by atoms with van der Waals surface area (Å²) in [4.78, 5) is 11.4. The van der Waals surface area contributed by atoms with Crippen LogP contribution in [0.4, 0.5) is 0 Å². The minimum atomic E-state index is -2.48. The lowest BCUT2D eigenvalue weighted by Crippen LogP contribution is -2.68. The molecule has 1 atom stereocenters. The van der Waals surface area contributed by atoms with E-state index in [1.807, 2.05) is 0 Å². The van der Waals surface area contributed by atoms with Crippen molar-refractivity contribution in [3.05, 3.63) is 60.7 Å². The molecule has 0 aromatic heterocycles. The normalized spacial score (nSPS) is 25.2. The second-order valence-corrected chi connectivity index (χ2v) is 13.5. The van der Waals surface area contributed by atoms with Crippen molar-refractivity contribution in [2.45, 2.75) is 50.9 Å². The van der Waals surface area contributed by atoms with Crippen LogP contribution in [0.15, 0.2) is 60.7 Å². The Labute approximate surface area is 174 Å². The lowest BCUT2D eigenvalue weighted by Gasteiger charge is -2.50. The summed E-state index contributed by atoms with van der Waals surface area (Å²) in [6.45, 7) is 7.75. The highest BCUT2D eigenvalue weighted by Crippen LogP contribution is 2.42. The van der Waals surface area contributed by atoms with E-state index in [4.69, 9.17) is 9.16 Å². The quantitative estimate of drug-likeness (QED) is 0.773. The Morgan fingerprint density at radius 1 is 0.966 bits per heavy atom. The molecule has 1 unspecified atom stereocenters. The molecule has 0 spiro atoms. The highest BCUT2D eigenvalue weighted by Gasteiger charge is 2.53. The summed E-state index contributed by atoms with van der Waals surface area (Å²) in [5.74, 6) is 0.444. The van der Waals surface area contributed by atoms with Gasteiger partial charge in [-0.3, -0.25) is 4.79 Å². The van der Waals surface area contributed by atoms with Gasteiger partial charge in [-0.25, -0.2) is 0 Å². The third-order valence-corrected chi connectivity index (χ3v) is 11.4. The van der Waals surface area contributed by atoms with Crippen LogP contribution in [0.2, 0.25) is 5.04 Å². The van der Waals surface area contributed by atoms with Gasteiger partial charge in [0.15, 0.2) is 0 Å². The van der Waals surface area contributed by atoms with E-state index < -0.39 is 8.32 Å². The van der Waals surface area contributed by atoms with Crippen LogP contribution < -0.4 is 15.7 Å². The molecule has 0 radical (unpaired) electrons. The van der Waals surface area contributed by atoms with Crippen LogP contribution >= 0.6 is 0 Å². The number of rotatable bonds is 5. The van der Waals surface area contributed by atoms with E-state index >= 15 is 0 Å². The lowest BCUT2D eigenvalue weighted by atomic mass is 9.78. The summed E-state index contributed by atoms with van der Waals surface area (Å²) in [6, 6.07) is 21.6. The van der Waals surface area contributed by atoms with Crippen molar-refractivity contribution in [3.63, 3.8) is 0 Å². The average molecular weight is 410 g/mol. The van der Waals surface area contributed by atoms with Gasteiger partial charge >= 0.3 is 0 Å². The van der Waals surface area contributed by atoms with Crippen LogP contribution in [0, 0.1) is 5.92 Å². The maximum atomic E-state index is 11.4. The van der Waals surface area contributed by atoms with E-state index in [0.29, 0.717) is 12.5 Å². The van der Waals surface area contributed by atoms with E-state index in [0.717, 1.165) is 12.8 Å². The van der Waals surface area contributed by atoms with Crippen molar-refractivity contribution in [1.29, 1.82) is 0 Å². The number of carbonyl (C=O) groups excluding carboxylic acids is 1. The number of nitrogens with one attached hydrogen (secondary N) is 1. The largest absolute Gasteiger partial charge is 0.404 e. The Morgan fingerprint density at radius 3 is 1.97 bits per heavy atom. The smallest absolute Gasteiger partial charge is 0.261 e. The second-order valence-electron chi connectivity index (χ2n) is 9.29. The van der Waals surface area contributed by atoms with Gasteiger partial charge in [-0.2, -0.15) is 0 Å². The fraction of sp³-hybridized carbons (Fsp3) is 0.458. The van der Waals surface area contributed by atoms with Crippen LogP contribution in [0.5, 0.6) is 0 Å². The molecule has 2 aliphatic rings. The molecule has 4 rings (SSSR count). The first-order chi connectivity index (χ1) is 13.9. The van der Waals surface area contributed by atoms with Gasteiger partial charge in [0.05, 0.1) is 6.10 Å². The third kappa shape index (κ3) is 3.91. The highest BCUT2D eigenvalue weighted by molar-refractivity contribution is 6.99. The van der Waals surface area contributed by atoms with Gasteiger partial charge in [0.2, 0.25) is 5.91 Å². The molecule has 2 aromatic carbocycles. The molecule has 154 valence electrons. The summed E-state index contributed by atoms with van der Waals surface area (Å²) in [7, 11) is -2.48. The molecule has 2 fully saturated rings.